The third-order valence-electron chi connectivity index (χ3n) is 3.50. The van der Waals surface area contributed by atoms with Gasteiger partial charge in [0.25, 0.3) is 0 Å². The molecule has 0 heterocycles. The van der Waals surface area contributed by atoms with Crippen LogP contribution in [-0.4, -0.2) is 6.04 Å². The molecular weight excluding hydrogens is 305 g/mol. The molecule has 0 radical (unpaired) electrons. The summed E-state index contributed by atoms with van der Waals surface area (Å²) in [5, 5.41) is 4.17. The van der Waals surface area contributed by atoms with E-state index in [1.165, 1.54) is 18.9 Å². The first-order valence-electron chi connectivity index (χ1n) is 7.10. The van der Waals surface area contributed by atoms with Gasteiger partial charge in [-0.3, -0.25) is 0 Å². The van der Waals surface area contributed by atoms with Crippen LogP contribution in [0.2, 0.25) is 5.02 Å². The second-order valence-electron chi connectivity index (χ2n) is 5.30. The summed E-state index contributed by atoms with van der Waals surface area (Å²) >= 11 is 7.43. The smallest absolute Gasteiger partial charge is 0.137 e. The maximum atomic E-state index is 14.1. The summed E-state index contributed by atoms with van der Waals surface area (Å²) in [7, 11) is 0. The average Bonchev–Trinajstić information content (AvgIpc) is 3.30. The largest absolute Gasteiger partial charge is 0.310 e. The van der Waals surface area contributed by atoms with Crippen LogP contribution >= 0.6 is 23.4 Å². The number of hydrogen-bond donors (Lipinski definition) is 1. The van der Waals surface area contributed by atoms with E-state index in [1.807, 2.05) is 30.3 Å². The summed E-state index contributed by atoms with van der Waals surface area (Å²) < 4.78 is 14.1. The standard InChI is InChI=1S/C17H17ClFNS/c18-14-6-4-12(5-7-14)11-21-17-13(2-1-3-16(17)19)10-20-15-8-9-15/h1-7,15,20H,8-11H2. The van der Waals surface area contributed by atoms with Gasteiger partial charge in [0.05, 0.1) is 0 Å². The van der Waals surface area contributed by atoms with Crippen molar-refractivity contribution in [1.82, 2.24) is 5.32 Å². The fourth-order valence-electron chi connectivity index (χ4n) is 2.13. The molecule has 110 valence electrons. The number of nitrogens with one attached hydrogen (secondary N) is 1. The third-order valence-corrected chi connectivity index (χ3v) is 4.98. The Morgan fingerprint density at radius 1 is 1.14 bits per heavy atom. The van der Waals surface area contributed by atoms with E-state index >= 15 is 0 Å². The first kappa shape index (κ1) is 14.9. The Balaban J connectivity index is 1.69. The molecule has 0 amide bonds. The second kappa shape index (κ2) is 6.82. The highest BCUT2D eigenvalue weighted by atomic mass is 35.5. The van der Waals surface area contributed by atoms with Gasteiger partial charge in [-0.25, -0.2) is 4.39 Å². The van der Waals surface area contributed by atoms with Gasteiger partial charge in [-0.05, 0) is 42.2 Å². The fraction of sp³-hybridized carbons (Fsp3) is 0.294. The molecular formula is C17H17ClFNS. The van der Waals surface area contributed by atoms with Crippen LogP contribution in [-0.2, 0) is 12.3 Å². The molecule has 0 spiro atoms. The number of thioether (sulfide) groups is 1. The van der Waals surface area contributed by atoms with Crippen LogP contribution in [0.25, 0.3) is 0 Å². The van der Waals surface area contributed by atoms with Gasteiger partial charge in [0.15, 0.2) is 0 Å². The highest BCUT2D eigenvalue weighted by molar-refractivity contribution is 7.98. The molecule has 1 N–H and O–H groups in total. The van der Waals surface area contributed by atoms with Crippen molar-refractivity contribution in [2.45, 2.75) is 36.1 Å². The molecule has 3 rings (SSSR count). The summed E-state index contributed by atoms with van der Waals surface area (Å²) in [6.07, 6.45) is 2.48. The van der Waals surface area contributed by atoms with Crippen molar-refractivity contribution < 1.29 is 4.39 Å². The summed E-state index contributed by atoms with van der Waals surface area (Å²) in [4.78, 5) is 0.751. The monoisotopic (exact) mass is 321 g/mol. The molecule has 21 heavy (non-hydrogen) atoms. The molecule has 0 atom stereocenters. The van der Waals surface area contributed by atoms with Crippen LogP contribution in [0.3, 0.4) is 0 Å². The molecule has 1 fully saturated rings. The first-order valence-corrected chi connectivity index (χ1v) is 8.47. The zero-order valence-corrected chi connectivity index (χ0v) is 13.2. The lowest BCUT2D eigenvalue weighted by Gasteiger charge is -2.11. The van der Waals surface area contributed by atoms with E-state index < -0.39 is 0 Å². The number of halogens is 2. The Kier molecular flexibility index (Phi) is 4.84. The maximum Gasteiger partial charge on any atom is 0.137 e. The van der Waals surface area contributed by atoms with Gasteiger partial charge in [0.2, 0.25) is 0 Å². The molecule has 1 aliphatic rings. The lowest BCUT2D eigenvalue weighted by molar-refractivity contribution is 0.589. The van der Waals surface area contributed by atoms with Gasteiger partial charge in [0, 0.05) is 28.3 Å². The Morgan fingerprint density at radius 2 is 1.90 bits per heavy atom. The van der Waals surface area contributed by atoms with Crippen molar-refractivity contribution in [2.24, 2.45) is 0 Å². The Bertz CT molecular complexity index is 611. The summed E-state index contributed by atoms with van der Waals surface area (Å²) in [5.41, 5.74) is 2.19. The van der Waals surface area contributed by atoms with Gasteiger partial charge >= 0.3 is 0 Å². The van der Waals surface area contributed by atoms with Crippen molar-refractivity contribution in [3.05, 3.63) is 64.4 Å². The Hall–Kier alpha value is -1.03. The second-order valence-corrected chi connectivity index (χ2v) is 6.72. The highest BCUT2D eigenvalue weighted by Gasteiger charge is 2.21. The minimum Gasteiger partial charge on any atom is -0.310 e. The minimum absolute atomic E-state index is 0.135. The third kappa shape index (κ3) is 4.22. The van der Waals surface area contributed by atoms with Crippen LogP contribution in [0.5, 0.6) is 0 Å². The van der Waals surface area contributed by atoms with Crippen molar-refractivity contribution in [2.75, 3.05) is 0 Å². The van der Waals surface area contributed by atoms with Crippen molar-refractivity contribution in [3.8, 4) is 0 Å². The lowest BCUT2D eigenvalue weighted by Crippen LogP contribution is -2.16. The van der Waals surface area contributed by atoms with Gasteiger partial charge in [0.1, 0.15) is 5.82 Å². The SMILES string of the molecule is Fc1cccc(CNC2CC2)c1SCc1ccc(Cl)cc1. The predicted molar refractivity (Wildman–Crippen MR) is 87.3 cm³/mol. The average molecular weight is 322 g/mol. The predicted octanol–water partition coefficient (Wildman–Crippen LogP) is 5.02. The zero-order valence-electron chi connectivity index (χ0n) is 11.6. The molecule has 1 aliphatic carbocycles. The summed E-state index contributed by atoms with van der Waals surface area (Å²) in [5.74, 6) is 0.609. The Morgan fingerprint density at radius 3 is 2.62 bits per heavy atom. The highest BCUT2D eigenvalue weighted by Crippen LogP contribution is 2.30. The van der Waals surface area contributed by atoms with Crippen LogP contribution in [0, 0.1) is 5.82 Å². The molecule has 2 aromatic rings. The van der Waals surface area contributed by atoms with E-state index in [4.69, 9.17) is 11.6 Å². The zero-order chi connectivity index (χ0) is 14.7. The molecule has 0 saturated heterocycles. The lowest BCUT2D eigenvalue weighted by atomic mass is 10.2. The van der Waals surface area contributed by atoms with Crippen LogP contribution in [0.4, 0.5) is 4.39 Å². The van der Waals surface area contributed by atoms with E-state index in [9.17, 15) is 4.39 Å². The quantitative estimate of drug-likeness (QED) is 0.749. The van der Waals surface area contributed by atoms with E-state index in [2.05, 4.69) is 5.32 Å². The molecule has 4 heteroatoms. The van der Waals surface area contributed by atoms with Gasteiger partial charge in [-0.1, -0.05) is 35.9 Å². The van der Waals surface area contributed by atoms with E-state index in [0.717, 1.165) is 33.3 Å². The fourth-order valence-corrected chi connectivity index (χ4v) is 3.29. The van der Waals surface area contributed by atoms with Crippen molar-refractivity contribution >= 4 is 23.4 Å². The maximum absolute atomic E-state index is 14.1. The summed E-state index contributed by atoms with van der Waals surface area (Å²) in [6, 6.07) is 13.7. The van der Waals surface area contributed by atoms with Crippen molar-refractivity contribution in [3.63, 3.8) is 0 Å². The topological polar surface area (TPSA) is 12.0 Å². The first-order chi connectivity index (χ1) is 10.2. The summed E-state index contributed by atoms with van der Waals surface area (Å²) in [6.45, 7) is 0.741. The minimum atomic E-state index is -0.135. The van der Waals surface area contributed by atoms with E-state index in [-0.39, 0.29) is 5.82 Å². The molecule has 0 bridgehead atoms. The molecule has 2 aromatic carbocycles. The van der Waals surface area contributed by atoms with Gasteiger partial charge in [-0.15, -0.1) is 11.8 Å². The van der Waals surface area contributed by atoms with Crippen LogP contribution in [0.15, 0.2) is 47.4 Å². The van der Waals surface area contributed by atoms with E-state index in [0.29, 0.717) is 6.04 Å². The van der Waals surface area contributed by atoms with E-state index in [1.54, 1.807) is 17.8 Å². The van der Waals surface area contributed by atoms with Crippen molar-refractivity contribution in [1.29, 1.82) is 0 Å². The molecule has 0 unspecified atom stereocenters. The molecule has 1 saturated carbocycles. The molecule has 0 aliphatic heterocycles. The molecule has 1 nitrogen and oxygen atoms in total. The Labute approximate surface area is 133 Å². The van der Waals surface area contributed by atoms with Crippen LogP contribution < -0.4 is 5.32 Å². The van der Waals surface area contributed by atoms with Crippen LogP contribution in [0.1, 0.15) is 24.0 Å². The molecule has 0 aromatic heterocycles. The van der Waals surface area contributed by atoms with Gasteiger partial charge < -0.3 is 5.32 Å². The normalized spacial score (nSPS) is 14.4. The number of hydrogen-bond acceptors (Lipinski definition) is 2. The number of benzene rings is 2. The number of rotatable bonds is 6. The van der Waals surface area contributed by atoms with Gasteiger partial charge in [-0.2, -0.15) is 0 Å².